The number of carbonyl (C=O) groups excluding carboxylic acids is 1. The van der Waals surface area contributed by atoms with Crippen LogP contribution in [0.3, 0.4) is 0 Å². The molecule has 0 N–H and O–H groups in total. The summed E-state index contributed by atoms with van der Waals surface area (Å²) in [6.07, 6.45) is 7.46. The zero-order chi connectivity index (χ0) is 15.1. The number of hydrogen-bond acceptors (Lipinski definition) is 2. The Balaban J connectivity index is 1.49. The van der Waals surface area contributed by atoms with Gasteiger partial charge in [0.2, 0.25) is 5.91 Å². The average molecular weight is 298 g/mol. The normalized spacial score (nSPS) is 24.6. The number of anilines is 1. The van der Waals surface area contributed by atoms with Crippen LogP contribution < -0.4 is 4.90 Å². The summed E-state index contributed by atoms with van der Waals surface area (Å²) < 4.78 is 0. The number of benzene rings is 1. The second kappa shape index (κ2) is 5.60. The molecule has 1 unspecified atom stereocenters. The minimum Gasteiger partial charge on any atom is -0.361 e. The van der Waals surface area contributed by atoms with Crippen molar-refractivity contribution in [3.8, 4) is 0 Å². The van der Waals surface area contributed by atoms with Crippen molar-refractivity contribution in [1.82, 2.24) is 4.90 Å². The summed E-state index contributed by atoms with van der Waals surface area (Å²) in [6.45, 7) is 3.81. The fourth-order valence-corrected chi connectivity index (χ4v) is 4.35. The van der Waals surface area contributed by atoms with Gasteiger partial charge in [-0.1, -0.05) is 38.0 Å². The monoisotopic (exact) mass is 298 g/mol. The van der Waals surface area contributed by atoms with E-state index >= 15 is 0 Å². The van der Waals surface area contributed by atoms with Gasteiger partial charge in [-0.15, -0.1) is 0 Å². The third kappa shape index (κ3) is 2.51. The fraction of sp³-hybridized carbons (Fsp3) is 0.632. The minimum absolute atomic E-state index is 0.360. The average Bonchev–Trinajstić information content (AvgIpc) is 3.10. The summed E-state index contributed by atoms with van der Waals surface area (Å²) in [5.74, 6) is 0.892. The van der Waals surface area contributed by atoms with Crippen LogP contribution in [0.1, 0.15) is 56.9 Å². The Labute approximate surface area is 133 Å². The van der Waals surface area contributed by atoms with Crippen LogP contribution in [0.2, 0.25) is 0 Å². The van der Waals surface area contributed by atoms with Crippen LogP contribution in [0, 0.1) is 0 Å². The van der Waals surface area contributed by atoms with Crippen molar-refractivity contribution in [2.24, 2.45) is 0 Å². The highest BCUT2D eigenvalue weighted by Crippen LogP contribution is 2.37. The van der Waals surface area contributed by atoms with Gasteiger partial charge in [0.25, 0.3) is 0 Å². The topological polar surface area (TPSA) is 23.6 Å². The maximum Gasteiger partial charge on any atom is 0.242 e. The van der Waals surface area contributed by atoms with Crippen molar-refractivity contribution in [3.63, 3.8) is 0 Å². The first-order valence-electron chi connectivity index (χ1n) is 8.89. The molecule has 3 nitrogen and oxygen atoms in total. The highest BCUT2D eigenvalue weighted by atomic mass is 16.2. The van der Waals surface area contributed by atoms with Crippen molar-refractivity contribution < 1.29 is 4.79 Å². The van der Waals surface area contributed by atoms with Crippen molar-refractivity contribution in [2.45, 2.75) is 63.5 Å². The molecular weight excluding hydrogens is 272 g/mol. The van der Waals surface area contributed by atoms with Gasteiger partial charge in [0.05, 0.1) is 6.54 Å². The van der Waals surface area contributed by atoms with E-state index in [1.165, 1.54) is 49.8 Å². The number of hydrogen-bond donors (Lipinski definition) is 0. The highest BCUT2D eigenvalue weighted by Gasteiger charge is 2.39. The summed E-state index contributed by atoms with van der Waals surface area (Å²) in [5.41, 5.74) is 2.67. The molecule has 2 aliphatic carbocycles. The molecule has 0 saturated heterocycles. The first-order valence-corrected chi connectivity index (χ1v) is 8.89. The van der Waals surface area contributed by atoms with Gasteiger partial charge >= 0.3 is 0 Å². The predicted octanol–water partition coefficient (Wildman–Crippen LogP) is 3.54. The van der Waals surface area contributed by atoms with E-state index in [1.54, 1.807) is 0 Å². The van der Waals surface area contributed by atoms with Gasteiger partial charge in [0.15, 0.2) is 0 Å². The molecule has 2 fully saturated rings. The van der Waals surface area contributed by atoms with Crippen LogP contribution in [0.25, 0.3) is 0 Å². The maximum atomic E-state index is 13.0. The van der Waals surface area contributed by atoms with Gasteiger partial charge in [0, 0.05) is 30.2 Å². The van der Waals surface area contributed by atoms with Crippen molar-refractivity contribution in [3.05, 3.63) is 29.8 Å². The Morgan fingerprint density at radius 1 is 1.14 bits per heavy atom. The van der Waals surface area contributed by atoms with Crippen molar-refractivity contribution in [2.75, 3.05) is 18.0 Å². The lowest BCUT2D eigenvalue weighted by Crippen LogP contribution is -2.46. The van der Waals surface area contributed by atoms with Gasteiger partial charge < -0.3 is 9.80 Å². The van der Waals surface area contributed by atoms with Crippen LogP contribution in [-0.4, -0.2) is 36.0 Å². The zero-order valence-electron chi connectivity index (χ0n) is 13.5. The van der Waals surface area contributed by atoms with E-state index in [9.17, 15) is 4.79 Å². The Morgan fingerprint density at radius 3 is 2.55 bits per heavy atom. The zero-order valence-corrected chi connectivity index (χ0v) is 13.5. The van der Waals surface area contributed by atoms with Crippen molar-refractivity contribution in [1.29, 1.82) is 0 Å². The first-order chi connectivity index (χ1) is 10.7. The van der Waals surface area contributed by atoms with Crippen LogP contribution in [0.4, 0.5) is 5.69 Å². The number of rotatable bonds is 4. The Morgan fingerprint density at radius 2 is 1.82 bits per heavy atom. The standard InChI is InChI=1S/C19H26N2O/c1-14-12-20(18-9-5-4-8-17(14)18)13-19(22)21(16-10-11-16)15-6-2-3-7-15/h4-5,8-9,14-16H,2-3,6-7,10-13H2,1H3. The molecule has 0 radical (unpaired) electrons. The van der Waals surface area contributed by atoms with Crippen LogP contribution >= 0.6 is 0 Å². The molecule has 22 heavy (non-hydrogen) atoms. The summed E-state index contributed by atoms with van der Waals surface area (Å²) in [4.78, 5) is 17.5. The predicted molar refractivity (Wildman–Crippen MR) is 89.2 cm³/mol. The lowest BCUT2D eigenvalue weighted by atomic mass is 10.0. The molecule has 1 amide bonds. The quantitative estimate of drug-likeness (QED) is 0.849. The third-order valence-electron chi connectivity index (χ3n) is 5.58. The summed E-state index contributed by atoms with van der Waals surface area (Å²) >= 11 is 0. The largest absolute Gasteiger partial charge is 0.361 e. The van der Waals surface area contributed by atoms with Crippen LogP contribution in [-0.2, 0) is 4.79 Å². The smallest absolute Gasteiger partial charge is 0.242 e. The molecule has 118 valence electrons. The highest BCUT2D eigenvalue weighted by molar-refractivity contribution is 5.83. The van der Waals surface area contributed by atoms with E-state index in [1.807, 2.05) is 0 Å². The Kier molecular flexibility index (Phi) is 3.59. The van der Waals surface area contributed by atoms with E-state index in [0.29, 0.717) is 30.5 Å². The molecule has 3 heteroatoms. The van der Waals surface area contributed by atoms with Gasteiger partial charge in [-0.05, 0) is 37.3 Å². The Bertz CT molecular complexity index is 560. The molecule has 1 heterocycles. The number of amides is 1. The molecular formula is C19H26N2O. The number of para-hydroxylation sites is 1. The molecule has 4 rings (SSSR count). The first kappa shape index (κ1) is 14.1. The van der Waals surface area contributed by atoms with Gasteiger partial charge in [-0.3, -0.25) is 4.79 Å². The SMILES string of the molecule is CC1CN(CC(=O)N(C2CCCC2)C2CC2)c2ccccc21. The number of nitrogens with zero attached hydrogens (tertiary/aromatic N) is 2. The molecule has 1 atom stereocenters. The molecule has 1 aliphatic heterocycles. The molecule has 3 aliphatic rings. The summed E-state index contributed by atoms with van der Waals surface area (Å²) in [5, 5.41) is 0. The van der Waals surface area contributed by atoms with E-state index < -0.39 is 0 Å². The van der Waals surface area contributed by atoms with E-state index in [0.717, 1.165) is 6.54 Å². The fourth-order valence-electron chi connectivity index (χ4n) is 4.35. The lowest BCUT2D eigenvalue weighted by molar-refractivity contribution is -0.132. The van der Waals surface area contributed by atoms with E-state index in [2.05, 4.69) is 41.0 Å². The van der Waals surface area contributed by atoms with Crippen LogP contribution in [0.5, 0.6) is 0 Å². The molecule has 0 spiro atoms. The van der Waals surface area contributed by atoms with Crippen molar-refractivity contribution >= 4 is 11.6 Å². The van der Waals surface area contributed by atoms with Gasteiger partial charge in [-0.25, -0.2) is 0 Å². The second-order valence-corrected chi connectivity index (χ2v) is 7.31. The molecule has 0 aromatic heterocycles. The molecule has 1 aromatic carbocycles. The van der Waals surface area contributed by atoms with Crippen LogP contribution in [0.15, 0.2) is 24.3 Å². The summed E-state index contributed by atoms with van der Waals surface area (Å²) in [7, 11) is 0. The lowest BCUT2D eigenvalue weighted by Gasteiger charge is -2.31. The minimum atomic E-state index is 0.360. The van der Waals surface area contributed by atoms with Gasteiger partial charge in [-0.2, -0.15) is 0 Å². The second-order valence-electron chi connectivity index (χ2n) is 7.31. The maximum absolute atomic E-state index is 13.0. The molecule has 1 aromatic rings. The van der Waals surface area contributed by atoms with Gasteiger partial charge in [0.1, 0.15) is 0 Å². The summed E-state index contributed by atoms with van der Waals surface area (Å²) in [6, 6.07) is 9.64. The van der Waals surface area contributed by atoms with E-state index in [4.69, 9.17) is 0 Å². The van der Waals surface area contributed by atoms with E-state index in [-0.39, 0.29) is 0 Å². The third-order valence-corrected chi connectivity index (χ3v) is 5.58. The Hall–Kier alpha value is -1.51. The number of fused-ring (bicyclic) bond motifs is 1. The number of carbonyl (C=O) groups is 1. The molecule has 2 saturated carbocycles. The molecule has 0 bridgehead atoms.